The molecule has 0 atom stereocenters. The first-order valence-electron chi connectivity index (χ1n) is 10.4. The standard InChI is InChI=1S/C25H26N4O2.3ClH/c1-28-24-5-4-23(17-22(24)3-6-25(28)30)31-16-2-15-29(18-20-7-11-26-12-8-20)19-21-9-13-27-14-10-21;;;/h3-14,17H,2,15-16,18-19H2,1H3;3*1H. The summed E-state index contributed by atoms with van der Waals surface area (Å²) < 4.78 is 7.65. The van der Waals surface area contributed by atoms with Gasteiger partial charge in [-0.25, -0.2) is 0 Å². The molecule has 0 fully saturated rings. The Morgan fingerprint density at radius 1 is 0.824 bits per heavy atom. The molecule has 0 aliphatic heterocycles. The number of hydrogen-bond acceptors (Lipinski definition) is 5. The molecule has 1 aromatic carbocycles. The number of pyridine rings is 3. The number of fused-ring (bicyclic) bond motifs is 1. The minimum Gasteiger partial charge on any atom is -0.494 e. The van der Waals surface area contributed by atoms with Crippen molar-refractivity contribution >= 4 is 48.1 Å². The second kappa shape index (κ2) is 14.6. The van der Waals surface area contributed by atoms with Crippen LogP contribution in [0.15, 0.2) is 84.2 Å². The number of rotatable bonds is 9. The van der Waals surface area contributed by atoms with Gasteiger partial charge >= 0.3 is 0 Å². The van der Waals surface area contributed by atoms with Crippen LogP contribution in [0.2, 0.25) is 0 Å². The highest BCUT2D eigenvalue weighted by atomic mass is 35.5. The van der Waals surface area contributed by atoms with E-state index in [0.29, 0.717) is 6.61 Å². The van der Waals surface area contributed by atoms with Crippen LogP contribution >= 0.6 is 37.2 Å². The molecule has 6 nitrogen and oxygen atoms in total. The highest BCUT2D eigenvalue weighted by Gasteiger charge is 2.08. The van der Waals surface area contributed by atoms with Gasteiger partial charge in [0.1, 0.15) is 5.75 Å². The zero-order valence-electron chi connectivity index (χ0n) is 18.9. The molecule has 9 heteroatoms. The second-order valence-corrected chi connectivity index (χ2v) is 7.57. The maximum Gasteiger partial charge on any atom is 0.250 e. The Hall–Kier alpha value is -2.64. The van der Waals surface area contributed by atoms with E-state index < -0.39 is 0 Å². The Bertz CT molecular complexity index is 1150. The topological polar surface area (TPSA) is 60.2 Å². The Labute approximate surface area is 218 Å². The first-order chi connectivity index (χ1) is 15.2. The minimum atomic E-state index is -0.00958. The maximum atomic E-state index is 11.8. The second-order valence-electron chi connectivity index (χ2n) is 7.57. The van der Waals surface area contributed by atoms with Crippen LogP contribution in [0.5, 0.6) is 5.75 Å². The van der Waals surface area contributed by atoms with Gasteiger partial charge in [-0.2, -0.15) is 0 Å². The van der Waals surface area contributed by atoms with Crippen LogP contribution in [0.25, 0.3) is 10.9 Å². The summed E-state index contributed by atoms with van der Waals surface area (Å²) in [7, 11) is 1.78. The van der Waals surface area contributed by atoms with Crippen molar-refractivity contribution in [3.8, 4) is 5.75 Å². The highest BCUT2D eigenvalue weighted by Crippen LogP contribution is 2.19. The number of benzene rings is 1. The van der Waals surface area contributed by atoms with Gasteiger partial charge in [-0.1, -0.05) is 0 Å². The minimum absolute atomic E-state index is 0. The fourth-order valence-corrected chi connectivity index (χ4v) is 3.64. The van der Waals surface area contributed by atoms with E-state index in [0.717, 1.165) is 42.7 Å². The van der Waals surface area contributed by atoms with Gasteiger partial charge < -0.3 is 9.30 Å². The first kappa shape index (κ1) is 29.4. The summed E-state index contributed by atoms with van der Waals surface area (Å²) in [6, 6.07) is 17.5. The third kappa shape index (κ3) is 7.99. The third-order valence-corrected chi connectivity index (χ3v) is 5.29. The van der Waals surface area contributed by atoms with Gasteiger partial charge in [0.05, 0.1) is 12.1 Å². The van der Waals surface area contributed by atoms with Crippen molar-refractivity contribution in [3.05, 3.63) is 101 Å². The molecule has 182 valence electrons. The predicted molar refractivity (Wildman–Crippen MR) is 144 cm³/mol. The van der Waals surface area contributed by atoms with E-state index in [1.165, 1.54) is 11.1 Å². The lowest BCUT2D eigenvalue weighted by molar-refractivity contribution is 0.221. The van der Waals surface area contributed by atoms with Crippen LogP contribution in [0.1, 0.15) is 17.5 Å². The van der Waals surface area contributed by atoms with Gasteiger partial charge in [0.2, 0.25) is 0 Å². The maximum absolute atomic E-state index is 11.8. The Kier molecular flexibility index (Phi) is 12.6. The molecule has 3 aromatic heterocycles. The van der Waals surface area contributed by atoms with Gasteiger partial charge in [0.25, 0.3) is 5.56 Å². The van der Waals surface area contributed by atoms with E-state index in [4.69, 9.17) is 4.74 Å². The summed E-state index contributed by atoms with van der Waals surface area (Å²) in [4.78, 5) is 22.4. The van der Waals surface area contributed by atoms with E-state index in [2.05, 4.69) is 39.1 Å². The summed E-state index contributed by atoms with van der Waals surface area (Å²) in [6.45, 7) is 3.25. The van der Waals surface area contributed by atoms with E-state index in [-0.39, 0.29) is 42.8 Å². The average molecular weight is 524 g/mol. The Balaban J connectivity index is 0.00000193. The van der Waals surface area contributed by atoms with Crippen molar-refractivity contribution < 1.29 is 4.74 Å². The molecule has 0 N–H and O–H groups in total. The molecular formula is C25H29Cl3N4O2. The van der Waals surface area contributed by atoms with Crippen molar-refractivity contribution in [1.82, 2.24) is 19.4 Å². The average Bonchev–Trinajstić information content (AvgIpc) is 2.80. The number of hydrogen-bond donors (Lipinski definition) is 0. The number of halogens is 3. The molecule has 4 rings (SSSR count). The molecule has 34 heavy (non-hydrogen) atoms. The molecule has 0 saturated heterocycles. The lowest BCUT2D eigenvalue weighted by Crippen LogP contribution is -2.25. The summed E-state index contributed by atoms with van der Waals surface area (Å²) in [5, 5.41) is 0.997. The van der Waals surface area contributed by atoms with Crippen LogP contribution < -0.4 is 10.3 Å². The van der Waals surface area contributed by atoms with Crippen molar-refractivity contribution in [3.63, 3.8) is 0 Å². The Morgan fingerprint density at radius 2 is 1.41 bits per heavy atom. The van der Waals surface area contributed by atoms with Crippen LogP contribution in [0, 0.1) is 0 Å². The zero-order valence-corrected chi connectivity index (χ0v) is 21.3. The van der Waals surface area contributed by atoms with Crippen molar-refractivity contribution in [1.29, 1.82) is 0 Å². The van der Waals surface area contributed by atoms with E-state index in [1.807, 2.05) is 49.1 Å². The number of aromatic nitrogens is 3. The molecule has 0 bridgehead atoms. The number of nitrogens with zero attached hydrogens (tertiary/aromatic N) is 4. The molecule has 0 unspecified atom stereocenters. The number of ether oxygens (including phenoxy) is 1. The van der Waals surface area contributed by atoms with Gasteiger partial charge in [0.15, 0.2) is 0 Å². The molecular weight excluding hydrogens is 495 g/mol. The SMILES string of the molecule is Cl.Cl.Cl.Cn1c(=O)ccc2cc(OCCCN(Cc3ccncc3)Cc3ccncc3)ccc21. The first-order valence-corrected chi connectivity index (χ1v) is 10.4. The van der Waals surface area contributed by atoms with E-state index >= 15 is 0 Å². The summed E-state index contributed by atoms with van der Waals surface area (Å²) >= 11 is 0. The highest BCUT2D eigenvalue weighted by molar-refractivity contribution is 5.86. The van der Waals surface area contributed by atoms with Gasteiger partial charge in [-0.05, 0) is 66.1 Å². The monoisotopic (exact) mass is 522 g/mol. The van der Waals surface area contributed by atoms with Gasteiger partial charge in [-0.15, -0.1) is 37.2 Å². The van der Waals surface area contributed by atoms with E-state index in [1.54, 1.807) is 17.7 Å². The zero-order chi connectivity index (χ0) is 21.5. The molecule has 4 aromatic rings. The Morgan fingerprint density at radius 3 is 2.00 bits per heavy atom. The van der Waals surface area contributed by atoms with Crippen LogP contribution in [0.3, 0.4) is 0 Å². The van der Waals surface area contributed by atoms with E-state index in [9.17, 15) is 4.79 Å². The quantitative estimate of drug-likeness (QED) is 0.287. The normalized spacial score (nSPS) is 10.2. The lowest BCUT2D eigenvalue weighted by atomic mass is 10.2. The molecule has 0 aliphatic carbocycles. The molecule has 0 radical (unpaired) electrons. The summed E-state index contributed by atoms with van der Waals surface area (Å²) in [6.07, 6.45) is 8.23. The molecule has 0 saturated carbocycles. The van der Waals surface area contributed by atoms with Crippen LogP contribution in [0.4, 0.5) is 0 Å². The number of aryl methyl sites for hydroxylation is 1. The molecule has 0 aliphatic rings. The summed E-state index contributed by atoms with van der Waals surface area (Å²) in [5.74, 6) is 0.820. The van der Waals surface area contributed by atoms with Crippen LogP contribution in [-0.2, 0) is 20.1 Å². The van der Waals surface area contributed by atoms with Crippen molar-refractivity contribution in [2.75, 3.05) is 13.2 Å². The smallest absolute Gasteiger partial charge is 0.250 e. The molecule has 0 amide bonds. The van der Waals surface area contributed by atoms with Crippen LogP contribution in [-0.4, -0.2) is 32.6 Å². The largest absolute Gasteiger partial charge is 0.494 e. The van der Waals surface area contributed by atoms with Crippen molar-refractivity contribution in [2.24, 2.45) is 7.05 Å². The predicted octanol–water partition coefficient (Wildman–Crippen LogP) is 5.07. The summed E-state index contributed by atoms with van der Waals surface area (Å²) in [5.41, 5.74) is 3.38. The lowest BCUT2D eigenvalue weighted by Gasteiger charge is -2.22. The molecule has 0 spiro atoms. The fraction of sp³-hybridized carbons (Fsp3) is 0.240. The fourth-order valence-electron chi connectivity index (χ4n) is 3.64. The van der Waals surface area contributed by atoms with Gasteiger partial charge in [0, 0.05) is 62.9 Å². The molecule has 3 heterocycles. The van der Waals surface area contributed by atoms with Crippen molar-refractivity contribution in [2.45, 2.75) is 19.5 Å². The third-order valence-electron chi connectivity index (χ3n) is 5.29. The van der Waals surface area contributed by atoms with Gasteiger partial charge in [-0.3, -0.25) is 19.7 Å².